The number of rotatable bonds is 15. The third-order valence-corrected chi connectivity index (χ3v) is 13.6. The van der Waals surface area contributed by atoms with E-state index in [9.17, 15) is 27.2 Å². The van der Waals surface area contributed by atoms with Crippen molar-refractivity contribution < 1.29 is 31.9 Å². The minimum absolute atomic E-state index is 0.0343. The number of carbonyl (C=O) groups is 2. The van der Waals surface area contributed by atoms with Gasteiger partial charge in [-0.3, -0.25) is 24.3 Å². The minimum atomic E-state index is -4.48. The number of benzene rings is 2. The summed E-state index contributed by atoms with van der Waals surface area (Å²) in [5, 5.41) is 3.13. The van der Waals surface area contributed by atoms with Crippen LogP contribution in [0.4, 0.5) is 23.2 Å². The number of likely N-dealkylation sites (tertiary alicyclic amines) is 1. The number of anilines is 1. The second-order valence-corrected chi connectivity index (χ2v) is 17.9. The van der Waals surface area contributed by atoms with Gasteiger partial charge in [0.15, 0.2) is 0 Å². The van der Waals surface area contributed by atoms with Crippen molar-refractivity contribution in [3.8, 4) is 0 Å². The second kappa shape index (κ2) is 22.7. The highest BCUT2D eigenvalue weighted by Gasteiger charge is 2.32. The number of ether oxygens (including phenoxy) is 1. The van der Waals surface area contributed by atoms with E-state index in [1.165, 1.54) is 58.0 Å². The molecule has 5 aliphatic rings. The van der Waals surface area contributed by atoms with Crippen LogP contribution in [0.2, 0.25) is 0 Å². The number of nitrogens with zero attached hydrogens (tertiary/aromatic N) is 4. The molecule has 60 heavy (non-hydrogen) atoms. The normalized spacial score (nSPS) is 22.2. The monoisotopic (exact) mass is 840 g/mol. The van der Waals surface area contributed by atoms with Gasteiger partial charge in [0.05, 0.1) is 17.8 Å². The van der Waals surface area contributed by atoms with E-state index in [1.54, 1.807) is 41.2 Å². The summed E-state index contributed by atoms with van der Waals surface area (Å²) in [4.78, 5) is 32.2. The fraction of sp³-hybridized carbons (Fsp3) is 0.667. The van der Waals surface area contributed by atoms with Gasteiger partial charge in [0.1, 0.15) is 11.6 Å². The van der Waals surface area contributed by atoms with E-state index >= 15 is 0 Å². The molecular formula is C48H69F4N5O3. The quantitative estimate of drug-likeness (QED) is 0.143. The van der Waals surface area contributed by atoms with Gasteiger partial charge in [-0.2, -0.15) is 13.2 Å². The van der Waals surface area contributed by atoms with E-state index in [1.807, 2.05) is 0 Å². The smallest absolute Gasteiger partial charge is 0.385 e. The maximum Gasteiger partial charge on any atom is 0.416 e. The average Bonchev–Trinajstić information content (AvgIpc) is 3.73. The van der Waals surface area contributed by atoms with Crippen LogP contribution in [0.1, 0.15) is 106 Å². The molecule has 0 atom stereocenters. The molecule has 1 saturated carbocycles. The molecule has 2 aromatic rings. The molecule has 0 spiro atoms. The van der Waals surface area contributed by atoms with Gasteiger partial charge in [0.25, 0.3) is 0 Å². The van der Waals surface area contributed by atoms with Gasteiger partial charge in [-0.1, -0.05) is 24.3 Å². The Hall–Kier alpha value is -3.32. The molecule has 1 amide bonds. The lowest BCUT2D eigenvalue weighted by Gasteiger charge is -2.37. The number of piperazine rings is 1. The van der Waals surface area contributed by atoms with Gasteiger partial charge in [0, 0.05) is 65.4 Å². The van der Waals surface area contributed by atoms with Crippen molar-refractivity contribution in [3.05, 3.63) is 70.5 Å². The molecule has 2 aromatic carbocycles. The summed E-state index contributed by atoms with van der Waals surface area (Å²) in [6.07, 6.45) is 13.5. The van der Waals surface area contributed by atoms with Gasteiger partial charge in [0.2, 0.25) is 5.91 Å². The standard InChI is InChI=1S/C24H35F4N3O2.C24H34N2O/c1-33-16-2-3-23(32)29-20-7-4-18(5-8-20)10-11-30-12-14-31(15-13-30)22-17-19(24(26,27)28)6-9-21(22)25;1-19(27)18-26-14-9-20(10-15-26)8-13-25-16-11-22(12-17-25)24-7-3-5-21-4-2-6-23(21)24/h6,9,17-18,20H,2-5,7-8,10-16H2,1H3,(H,29,32);3,5,7,11,20H,2,4,6,8-10,12-18H2,1H3. The highest BCUT2D eigenvalue weighted by atomic mass is 19.4. The minimum Gasteiger partial charge on any atom is -0.385 e. The van der Waals surface area contributed by atoms with Gasteiger partial charge in [-0.25, -0.2) is 4.39 Å². The van der Waals surface area contributed by atoms with Crippen LogP contribution >= 0.6 is 0 Å². The number of alkyl halides is 3. The van der Waals surface area contributed by atoms with Crippen molar-refractivity contribution in [1.82, 2.24) is 20.0 Å². The van der Waals surface area contributed by atoms with Crippen LogP contribution in [0.25, 0.3) is 5.57 Å². The van der Waals surface area contributed by atoms with E-state index < -0.39 is 17.6 Å². The first-order valence-corrected chi connectivity index (χ1v) is 22.8. The highest BCUT2D eigenvalue weighted by Crippen LogP contribution is 2.35. The number of amides is 1. The van der Waals surface area contributed by atoms with Crippen LogP contribution in [0.3, 0.4) is 0 Å². The Labute approximate surface area is 356 Å². The molecular weight excluding hydrogens is 771 g/mol. The first-order valence-electron chi connectivity index (χ1n) is 22.8. The molecule has 332 valence electrons. The molecule has 8 nitrogen and oxygen atoms in total. The number of fused-ring (bicyclic) bond motifs is 1. The second-order valence-electron chi connectivity index (χ2n) is 17.9. The number of hydrogen-bond acceptors (Lipinski definition) is 7. The fourth-order valence-corrected chi connectivity index (χ4v) is 9.97. The molecule has 2 aliphatic carbocycles. The number of hydrogen-bond donors (Lipinski definition) is 1. The lowest BCUT2D eigenvalue weighted by Crippen LogP contribution is -2.47. The predicted molar refractivity (Wildman–Crippen MR) is 232 cm³/mol. The molecule has 12 heteroatoms. The van der Waals surface area contributed by atoms with E-state index in [-0.39, 0.29) is 17.6 Å². The van der Waals surface area contributed by atoms with Gasteiger partial charge in [-0.15, -0.1) is 0 Å². The number of ketones is 1. The Balaban J connectivity index is 0.000000205. The molecule has 3 aliphatic heterocycles. The van der Waals surface area contributed by atoms with Crippen molar-refractivity contribution in [2.24, 2.45) is 11.8 Å². The Morgan fingerprint density at radius 3 is 2.20 bits per heavy atom. The summed E-state index contributed by atoms with van der Waals surface area (Å²) in [7, 11) is 1.63. The maximum atomic E-state index is 14.2. The van der Waals surface area contributed by atoms with Crippen molar-refractivity contribution in [2.45, 2.75) is 109 Å². The summed E-state index contributed by atoms with van der Waals surface area (Å²) >= 11 is 0. The Bertz CT molecular complexity index is 1710. The Kier molecular flexibility index (Phi) is 17.5. The van der Waals surface area contributed by atoms with E-state index in [0.717, 1.165) is 88.8 Å². The molecule has 0 unspecified atom stereocenters. The number of Topliss-reactive ketones (excluding diaryl/α,β-unsaturated/α-hetero) is 1. The van der Waals surface area contributed by atoms with Crippen LogP contribution in [-0.2, 0) is 33.3 Å². The van der Waals surface area contributed by atoms with Gasteiger partial charge >= 0.3 is 6.18 Å². The summed E-state index contributed by atoms with van der Waals surface area (Å²) in [5.74, 6) is 1.26. The van der Waals surface area contributed by atoms with Crippen LogP contribution in [-0.4, -0.2) is 118 Å². The number of piperidine rings is 1. The summed E-state index contributed by atoms with van der Waals surface area (Å²) in [6.45, 7) is 12.1. The van der Waals surface area contributed by atoms with Crippen molar-refractivity contribution in [2.75, 3.05) is 90.6 Å². The summed E-state index contributed by atoms with van der Waals surface area (Å²) < 4.78 is 58.1. The molecule has 3 fully saturated rings. The zero-order valence-electron chi connectivity index (χ0n) is 36.2. The average molecular weight is 840 g/mol. The van der Waals surface area contributed by atoms with E-state index in [4.69, 9.17) is 4.74 Å². The van der Waals surface area contributed by atoms with Crippen LogP contribution in [0, 0.1) is 17.7 Å². The van der Waals surface area contributed by atoms with Crippen LogP contribution in [0.5, 0.6) is 0 Å². The largest absolute Gasteiger partial charge is 0.416 e. The molecule has 0 bridgehead atoms. The third kappa shape index (κ3) is 13.8. The summed E-state index contributed by atoms with van der Waals surface area (Å²) in [5.41, 5.74) is 5.57. The highest BCUT2D eigenvalue weighted by molar-refractivity contribution is 5.77. The lowest BCUT2D eigenvalue weighted by molar-refractivity contribution is -0.137. The van der Waals surface area contributed by atoms with Gasteiger partial charge < -0.3 is 15.0 Å². The number of methoxy groups -OCH3 is 1. The fourth-order valence-electron chi connectivity index (χ4n) is 9.97. The molecule has 7 rings (SSSR count). The van der Waals surface area contributed by atoms with Crippen LogP contribution < -0.4 is 10.2 Å². The zero-order chi connectivity index (χ0) is 42.5. The SMILES string of the molecule is CC(=O)CN1CCC(CCN2CC=C(c3cccc4c3CCC4)CC2)CC1.COCCCC(=O)NC1CCC(CCN2CCN(c3cc(C(F)(F)F)ccc3F)CC2)CC1. The number of halogens is 4. The van der Waals surface area contributed by atoms with Crippen LogP contribution in [0.15, 0.2) is 42.5 Å². The van der Waals surface area contributed by atoms with Crippen molar-refractivity contribution in [1.29, 1.82) is 0 Å². The molecule has 0 aromatic heterocycles. The van der Waals surface area contributed by atoms with Crippen molar-refractivity contribution >= 4 is 23.0 Å². The maximum absolute atomic E-state index is 14.2. The lowest BCUT2D eigenvalue weighted by atomic mass is 9.84. The van der Waals surface area contributed by atoms with E-state index in [0.29, 0.717) is 57.5 Å². The topological polar surface area (TPSA) is 68.4 Å². The molecule has 2 saturated heterocycles. The van der Waals surface area contributed by atoms with E-state index in [2.05, 4.69) is 44.3 Å². The predicted octanol–water partition coefficient (Wildman–Crippen LogP) is 8.41. The first-order chi connectivity index (χ1) is 28.9. The van der Waals surface area contributed by atoms with Gasteiger partial charge in [-0.05, 0) is 169 Å². The number of carbonyl (C=O) groups excluding carboxylic acids is 2. The molecule has 3 heterocycles. The molecule has 1 N–H and O–H groups in total. The zero-order valence-corrected chi connectivity index (χ0v) is 36.2. The molecule has 0 radical (unpaired) electrons. The third-order valence-electron chi connectivity index (χ3n) is 13.6. The van der Waals surface area contributed by atoms with Crippen molar-refractivity contribution in [3.63, 3.8) is 0 Å². The number of aryl methyl sites for hydroxylation is 1. The Morgan fingerprint density at radius 2 is 1.53 bits per heavy atom. The Morgan fingerprint density at radius 1 is 0.817 bits per heavy atom. The summed E-state index contributed by atoms with van der Waals surface area (Å²) in [6, 6.07) is 9.80. The number of nitrogens with one attached hydrogen (secondary N) is 1. The first kappa shape index (κ1) is 46.2.